The topological polar surface area (TPSA) is 85.9 Å². The van der Waals surface area contributed by atoms with Crippen LogP contribution in [0.3, 0.4) is 0 Å². The van der Waals surface area contributed by atoms with Crippen LogP contribution < -0.4 is 20.1 Å². The van der Waals surface area contributed by atoms with Crippen molar-refractivity contribution < 1.29 is 23.8 Å². The fourth-order valence-corrected chi connectivity index (χ4v) is 2.99. The third-order valence-corrected chi connectivity index (χ3v) is 4.58. The van der Waals surface area contributed by atoms with Crippen molar-refractivity contribution in [2.75, 3.05) is 32.7 Å². The molecule has 0 aliphatic carbocycles. The molecule has 1 saturated heterocycles. The molecule has 1 aliphatic rings. The Balaban J connectivity index is 1.62. The summed E-state index contributed by atoms with van der Waals surface area (Å²) < 4.78 is 15.9. The van der Waals surface area contributed by atoms with Gasteiger partial charge in [-0.05, 0) is 49.2 Å². The lowest BCUT2D eigenvalue weighted by Crippen LogP contribution is -2.31. The van der Waals surface area contributed by atoms with E-state index in [1.165, 1.54) is 7.11 Å². The van der Waals surface area contributed by atoms with Gasteiger partial charge in [0.25, 0.3) is 11.8 Å². The van der Waals surface area contributed by atoms with Gasteiger partial charge in [0.1, 0.15) is 11.5 Å². The van der Waals surface area contributed by atoms with E-state index in [4.69, 9.17) is 14.2 Å². The Morgan fingerprint density at radius 2 is 1.75 bits per heavy atom. The molecular weight excluding hydrogens is 360 g/mol. The van der Waals surface area contributed by atoms with Gasteiger partial charge < -0.3 is 24.8 Å². The van der Waals surface area contributed by atoms with Crippen molar-refractivity contribution in [2.45, 2.75) is 18.9 Å². The fourth-order valence-electron chi connectivity index (χ4n) is 2.99. The van der Waals surface area contributed by atoms with Crippen molar-refractivity contribution >= 4 is 17.5 Å². The Morgan fingerprint density at radius 3 is 2.36 bits per heavy atom. The quantitative estimate of drug-likeness (QED) is 0.767. The molecule has 28 heavy (non-hydrogen) atoms. The van der Waals surface area contributed by atoms with E-state index >= 15 is 0 Å². The van der Waals surface area contributed by atoms with Crippen molar-refractivity contribution in [3.05, 3.63) is 53.6 Å². The van der Waals surface area contributed by atoms with Gasteiger partial charge >= 0.3 is 0 Å². The highest BCUT2D eigenvalue weighted by Gasteiger charge is 2.17. The largest absolute Gasteiger partial charge is 0.497 e. The number of methoxy groups -OCH3 is 2. The molecule has 0 spiro atoms. The molecule has 148 valence electrons. The maximum Gasteiger partial charge on any atom is 0.255 e. The number of carbonyl (C=O) groups is 2. The molecule has 2 N–H and O–H groups in total. The Morgan fingerprint density at radius 1 is 1.04 bits per heavy atom. The number of hydrogen-bond donors (Lipinski definition) is 2. The van der Waals surface area contributed by atoms with E-state index in [9.17, 15) is 9.59 Å². The SMILES string of the molecule is COc1ccc(OC)c(NC(=O)c2ccc(C(=O)NCC3CCCO3)cc2)c1. The molecule has 7 heteroatoms. The Labute approximate surface area is 164 Å². The molecule has 1 aliphatic heterocycles. The maximum atomic E-state index is 12.5. The summed E-state index contributed by atoms with van der Waals surface area (Å²) in [6.07, 6.45) is 2.09. The Hall–Kier alpha value is -3.06. The first-order valence-corrected chi connectivity index (χ1v) is 9.14. The summed E-state index contributed by atoms with van der Waals surface area (Å²) in [5, 5.41) is 5.66. The van der Waals surface area contributed by atoms with Crippen molar-refractivity contribution in [3.8, 4) is 11.5 Å². The van der Waals surface area contributed by atoms with E-state index in [1.54, 1.807) is 49.6 Å². The molecule has 1 unspecified atom stereocenters. The van der Waals surface area contributed by atoms with Crippen LogP contribution >= 0.6 is 0 Å². The lowest BCUT2D eigenvalue weighted by molar-refractivity contribution is 0.0857. The van der Waals surface area contributed by atoms with Crippen molar-refractivity contribution in [1.82, 2.24) is 5.32 Å². The average Bonchev–Trinajstić information content (AvgIpc) is 3.25. The molecule has 0 bridgehead atoms. The van der Waals surface area contributed by atoms with E-state index in [1.807, 2.05) is 0 Å². The predicted molar refractivity (Wildman–Crippen MR) is 105 cm³/mol. The second-order valence-electron chi connectivity index (χ2n) is 6.44. The Bertz CT molecular complexity index is 829. The molecular formula is C21H24N2O5. The zero-order valence-corrected chi connectivity index (χ0v) is 16.0. The van der Waals surface area contributed by atoms with Gasteiger partial charge in [-0.2, -0.15) is 0 Å². The number of anilines is 1. The normalized spacial score (nSPS) is 15.7. The number of carbonyl (C=O) groups excluding carboxylic acids is 2. The van der Waals surface area contributed by atoms with E-state index < -0.39 is 0 Å². The molecule has 1 atom stereocenters. The minimum absolute atomic E-state index is 0.0897. The molecule has 2 amide bonds. The minimum atomic E-state index is -0.308. The van der Waals surface area contributed by atoms with Gasteiger partial charge in [-0.25, -0.2) is 0 Å². The Kier molecular flexibility index (Phi) is 6.49. The van der Waals surface area contributed by atoms with Crippen LogP contribution in [-0.4, -0.2) is 45.3 Å². The third-order valence-electron chi connectivity index (χ3n) is 4.58. The molecule has 3 rings (SSSR count). The van der Waals surface area contributed by atoms with E-state index in [0.29, 0.717) is 34.9 Å². The zero-order chi connectivity index (χ0) is 19.9. The molecule has 0 radical (unpaired) electrons. The summed E-state index contributed by atoms with van der Waals surface area (Å²) >= 11 is 0. The van der Waals surface area contributed by atoms with Crippen LogP contribution in [0, 0.1) is 0 Å². The molecule has 2 aromatic carbocycles. The van der Waals surface area contributed by atoms with Crippen molar-refractivity contribution in [2.24, 2.45) is 0 Å². The van der Waals surface area contributed by atoms with Crippen LogP contribution in [0.5, 0.6) is 11.5 Å². The van der Waals surface area contributed by atoms with Crippen LogP contribution in [0.15, 0.2) is 42.5 Å². The summed E-state index contributed by atoms with van der Waals surface area (Å²) in [5.74, 6) is 0.642. The van der Waals surface area contributed by atoms with Crippen LogP contribution in [0.1, 0.15) is 33.6 Å². The van der Waals surface area contributed by atoms with Gasteiger partial charge in [0.15, 0.2) is 0 Å². The van der Waals surface area contributed by atoms with E-state index in [2.05, 4.69) is 10.6 Å². The fraction of sp³-hybridized carbons (Fsp3) is 0.333. The number of ether oxygens (including phenoxy) is 3. The first-order valence-electron chi connectivity index (χ1n) is 9.14. The summed E-state index contributed by atoms with van der Waals surface area (Å²) in [5.41, 5.74) is 1.43. The van der Waals surface area contributed by atoms with Gasteiger partial charge in [-0.3, -0.25) is 9.59 Å². The molecule has 7 nitrogen and oxygen atoms in total. The smallest absolute Gasteiger partial charge is 0.255 e. The van der Waals surface area contributed by atoms with Gasteiger partial charge in [-0.15, -0.1) is 0 Å². The number of benzene rings is 2. The van der Waals surface area contributed by atoms with Crippen LogP contribution in [0.25, 0.3) is 0 Å². The lowest BCUT2D eigenvalue weighted by Gasteiger charge is -2.12. The van der Waals surface area contributed by atoms with E-state index in [-0.39, 0.29) is 17.9 Å². The number of nitrogens with one attached hydrogen (secondary N) is 2. The second-order valence-corrected chi connectivity index (χ2v) is 6.44. The van der Waals surface area contributed by atoms with Crippen molar-refractivity contribution in [1.29, 1.82) is 0 Å². The number of amides is 2. The van der Waals surface area contributed by atoms with Gasteiger partial charge in [-0.1, -0.05) is 0 Å². The van der Waals surface area contributed by atoms with Crippen LogP contribution in [0.4, 0.5) is 5.69 Å². The van der Waals surface area contributed by atoms with Crippen molar-refractivity contribution in [3.63, 3.8) is 0 Å². The summed E-state index contributed by atoms with van der Waals surface area (Å²) in [6.45, 7) is 1.25. The van der Waals surface area contributed by atoms with Crippen LogP contribution in [0.2, 0.25) is 0 Å². The maximum absolute atomic E-state index is 12.5. The minimum Gasteiger partial charge on any atom is -0.497 e. The van der Waals surface area contributed by atoms with E-state index in [0.717, 1.165) is 19.4 Å². The van der Waals surface area contributed by atoms with Gasteiger partial charge in [0.2, 0.25) is 0 Å². The highest BCUT2D eigenvalue weighted by atomic mass is 16.5. The highest BCUT2D eigenvalue weighted by Crippen LogP contribution is 2.29. The number of hydrogen-bond acceptors (Lipinski definition) is 5. The number of rotatable bonds is 7. The second kappa shape index (κ2) is 9.23. The summed E-state index contributed by atoms with van der Waals surface area (Å²) in [4.78, 5) is 24.8. The summed E-state index contributed by atoms with van der Waals surface area (Å²) in [7, 11) is 3.08. The molecule has 2 aromatic rings. The molecule has 0 aromatic heterocycles. The standard InChI is InChI=1S/C21H24N2O5/c1-26-16-9-10-19(27-2)18(12-16)23-21(25)15-7-5-14(6-8-15)20(24)22-13-17-4-3-11-28-17/h5-10,12,17H,3-4,11,13H2,1-2H3,(H,22,24)(H,23,25). The monoisotopic (exact) mass is 384 g/mol. The predicted octanol–water partition coefficient (Wildman–Crippen LogP) is 2.86. The van der Waals surface area contributed by atoms with Crippen LogP contribution in [-0.2, 0) is 4.74 Å². The van der Waals surface area contributed by atoms with Gasteiger partial charge in [0.05, 0.1) is 26.0 Å². The lowest BCUT2D eigenvalue weighted by atomic mass is 10.1. The summed E-state index contributed by atoms with van der Waals surface area (Å²) in [6, 6.07) is 11.6. The highest BCUT2D eigenvalue weighted by molar-refractivity contribution is 6.05. The zero-order valence-electron chi connectivity index (χ0n) is 16.0. The molecule has 0 saturated carbocycles. The first-order chi connectivity index (χ1) is 13.6. The average molecular weight is 384 g/mol. The molecule has 1 heterocycles. The third kappa shape index (κ3) is 4.80. The first kappa shape index (κ1) is 19.7. The van der Waals surface area contributed by atoms with Gasteiger partial charge in [0, 0.05) is 30.3 Å². The molecule has 1 fully saturated rings.